The molecule has 0 spiro atoms. The fraction of sp³-hybridized carbons (Fsp3) is 0.385. The van der Waals surface area contributed by atoms with E-state index in [1.807, 2.05) is 44.2 Å². The molecule has 0 amide bonds. The molecule has 0 unspecified atom stereocenters. The smallest absolute Gasteiger partial charge is 0.222 e. The summed E-state index contributed by atoms with van der Waals surface area (Å²) in [5.41, 5.74) is 5.14. The molecule has 0 aliphatic carbocycles. The maximum absolute atomic E-state index is 7.70. The molecule has 32 heavy (non-hydrogen) atoms. The van der Waals surface area contributed by atoms with Crippen LogP contribution in [0.3, 0.4) is 0 Å². The van der Waals surface area contributed by atoms with E-state index in [2.05, 4.69) is 41.0 Å². The van der Waals surface area contributed by atoms with Crippen LogP contribution in [0.2, 0.25) is 0 Å². The van der Waals surface area contributed by atoms with Crippen molar-refractivity contribution in [3.8, 4) is 17.1 Å². The molecule has 170 valence electrons. The van der Waals surface area contributed by atoms with E-state index in [0.717, 1.165) is 34.0 Å². The van der Waals surface area contributed by atoms with Crippen LogP contribution in [-0.4, -0.2) is 27.8 Å². The van der Waals surface area contributed by atoms with Gasteiger partial charge in [0.2, 0.25) is 5.88 Å². The molecule has 3 rings (SSSR count). The minimum Gasteiger partial charge on any atom is -0.477 e. The Morgan fingerprint density at radius 2 is 1.88 bits per heavy atom. The molecule has 0 atom stereocenters. The molecule has 0 bridgehead atoms. The summed E-state index contributed by atoms with van der Waals surface area (Å²) in [4.78, 5) is 12.9. The molecule has 0 radical (unpaired) electrons. The van der Waals surface area contributed by atoms with Gasteiger partial charge in [0.25, 0.3) is 0 Å². The third-order valence-corrected chi connectivity index (χ3v) is 4.87. The number of hydrogen-bond acceptors (Lipinski definition) is 6. The molecule has 6 nitrogen and oxygen atoms in total. The van der Waals surface area contributed by atoms with E-state index in [0.29, 0.717) is 24.7 Å². The van der Waals surface area contributed by atoms with Crippen LogP contribution in [0.25, 0.3) is 11.3 Å². The SMILES string of the molecule is CCCC(C)C.CCOc1ncccc1-c1cc(NCc2ccncc2)c(C)c(C=N)n1. The highest BCUT2D eigenvalue weighted by molar-refractivity contribution is 5.83. The quantitative estimate of drug-likeness (QED) is 0.387. The predicted molar refractivity (Wildman–Crippen MR) is 133 cm³/mol. The van der Waals surface area contributed by atoms with E-state index in [-0.39, 0.29) is 0 Å². The van der Waals surface area contributed by atoms with E-state index in [1.54, 1.807) is 18.6 Å². The Bertz CT molecular complexity index is 973. The van der Waals surface area contributed by atoms with Crippen molar-refractivity contribution in [2.45, 2.75) is 54.0 Å². The Morgan fingerprint density at radius 3 is 2.47 bits per heavy atom. The van der Waals surface area contributed by atoms with E-state index in [4.69, 9.17) is 10.1 Å². The van der Waals surface area contributed by atoms with Crippen molar-refractivity contribution in [2.24, 2.45) is 5.92 Å². The van der Waals surface area contributed by atoms with Crippen LogP contribution in [0.15, 0.2) is 48.9 Å². The zero-order valence-corrected chi connectivity index (χ0v) is 19.9. The van der Waals surface area contributed by atoms with Crippen molar-refractivity contribution in [3.63, 3.8) is 0 Å². The number of pyridine rings is 3. The lowest BCUT2D eigenvalue weighted by atomic mass is 10.1. The van der Waals surface area contributed by atoms with Crippen molar-refractivity contribution in [1.29, 1.82) is 5.41 Å². The molecule has 3 aromatic heterocycles. The van der Waals surface area contributed by atoms with Gasteiger partial charge in [-0.2, -0.15) is 0 Å². The lowest BCUT2D eigenvalue weighted by Gasteiger charge is -2.15. The summed E-state index contributed by atoms with van der Waals surface area (Å²) in [6.45, 7) is 11.8. The zero-order valence-electron chi connectivity index (χ0n) is 19.9. The molecular formula is C26H35N5O. The highest BCUT2D eigenvalue weighted by Gasteiger charge is 2.13. The minimum atomic E-state index is 0.528. The van der Waals surface area contributed by atoms with E-state index in [1.165, 1.54) is 19.1 Å². The number of nitrogens with one attached hydrogen (secondary N) is 2. The molecule has 3 heterocycles. The second-order valence-electron chi connectivity index (χ2n) is 7.89. The largest absolute Gasteiger partial charge is 0.477 e. The first kappa shape index (κ1) is 25.0. The van der Waals surface area contributed by atoms with Gasteiger partial charge in [-0.15, -0.1) is 0 Å². The van der Waals surface area contributed by atoms with Gasteiger partial charge in [-0.25, -0.2) is 9.97 Å². The highest BCUT2D eigenvalue weighted by atomic mass is 16.5. The molecule has 0 saturated carbocycles. The number of hydrogen-bond donors (Lipinski definition) is 2. The lowest BCUT2D eigenvalue weighted by Crippen LogP contribution is -2.06. The van der Waals surface area contributed by atoms with Gasteiger partial charge in [-0.3, -0.25) is 4.98 Å². The third kappa shape index (κ3) is 7.45. The number of nitrogens with zero attached hydrogens (tertiary/aromatic N) is 3. The van der Waals surface area contributed by atoms with Crippen LogP contribution < -0.4 is 10.1 Å². The van der Waals surface area contributed by atoms with Crippen LogP contribution in [0.4, 0.5) is 5.69 Å². The van der Waals surface area contributed by atoms with Gasteiger partial charge in [-0.1, -0.05) is 33.6 Å². The van der Waals surface area contributed by atoms with Gasteiger partial charge in [0.15, 0.2) is 0 Å². The molecule has 0 aliphatic rings. The van der Waals surface area contributed by atoms with Gasteiger partial charge in [-0.05, 0) is 61.2 Å². The fourth-order valence-corrected chi connectivity index (χ4v) is 3.20. The molecule has 3 aromatic rings. The molecule has 6 heteroatoms. The van der Waals surface area contributed by atoms with Gasteiger partial charge >= 0.3 is 0 Å². The normalized spacial score (nSPS) is 10.3. The molecule has 0 aliphatic heterocycles. The summed E-state index contributed by atoms with van der Waals surface area (Å²) >= 11 is 0. The number of aromatic nitrogens is 3. The monoisotopic (exact) mass is 433 g/mol. The predicted octanol–water partition coefficient (Wildman–Crippen LogP) is 6.30. The Hall–Kier alpha value is -3.28. The minimum absolute atomic E-state index is 0.528. The average Bonchev–Trinajstić information content (AvgIpc) is 2.80. The van der Waals surface area contributed by atoms with E-state index >= 15 is 0 Å². The van der Waals surface area contributed by atoms with E-state index < -0.39 is 0 Å². The second-order valence-corrected chi connectivity index (χ2v) is 7.89. The Balaban J connectivity index is 0.000000534. The lowest BCUT2D eigenvalue weighted by molar-refractivity contribution is 0.328. The number of anilines is 1. The molecular weight excluding hydrogens is 398 g/mol. The van der Waals surface area contributed by atoms with Gasteiger partial charge in [0, 0.05) is 37.0 Å². The summed E-state index contributed by atoms with van der Waals surface area (Å²) in [5, 5.41) is 11.1. The average molecular weight is 434 g/mol. The molecule has 0 aromatic carbocycles. The summed E-state index contributed by atoms with van der Waals surface area (Å²) in [7, 11) is 0. The van der Waals surface area contributed by atoms with Gasteiger partial charge in [0.05, 0.1) is 23.6 Å². The van der Waals surface area contributed by atoms with Gasteiger partial charge < -0.3 is 15.5 Å². The fourth-order valence-electron chi connectivity index (χ4n) is 3.20. The van der Waals surface area contributed by atoms with E-state index in [9.17, 15) is 0 Å². The Labute approximate surface area is 192 Å². The molecule has 0 fully saturated rings. The zero-order chi connectivity index (χ0) is 23.3. The standard InChI is InChI=1S/C20H21N5O.C6H14/c1-3-26-20-16(5-4-8-23-20)18-11-17(14(2)19(12-21)25-18)24-13-15-6-9-22-10-7-15;1-4-5-6(2)3/h4-12,21H,3,13H2,1-2H3,(H,24,25);6H,4-5H2,1-3H3. The first-order chi connectivity index (χ1) is 15.5. The van der Waals surface area contributed by atoms with Crippen LogP contribution in [0, 0.1) is 18.3 Å². The van der Waals surface area contributed by atoms with Crippen LogP contribution in [-0.2, 0) is 6.54 Å². The number of rotatable bonds is 9. The first-order valence-electron chi connectivity index (χ1n) is 11.2. The van der Waals surface area contributed by atoms with Crippen LogP contribution >= 0.6 is 0 Å². The van der Waals surface area contributed by atoms with Crippen molar-refractivity contribution >= 4 is 11.9 Å². The van der Waals surface area contributed by atoms with Crippen molar-refractivity contribution in [1.82, 2.24) is 15.0 Å². The maximum atomic E-state index is 7.70. The topological polar surface area (TPSA) is 83.8 Å². The summed E-state index contributed by atoms with van der Waals surface area (Å²) < 4.78 is 5.63. The summed E-state index contributed by atoms with van der Waals surface area (Å²) in [6.07, 6.45) is 9.22. The van der Waals surface area contributed by atoms with Crippen molar-refractivity contribution < 1.29 is 4.74 Å². The Morgan fingerprint density at radius 1 is 1.12 bits per heavy atom. The molecule has 0 saturated heterocycles. The van der Waals surface area contributed by atoms with Crippen LogP contribution in [0.1, 0.15) is 57.4 Å². The van der Waals surface area contributed by atoms with Crippen molar-refractivity contribution in [3.05, 3.63) is 65.7 Å². The summed E-state index contributed by atoms with van der Waals surface area (Å²) in [6, 6.07) is 9.69. The first-order valence-corrected chi connectivity index (χ1v) is 11.2. The molecule has 2 N–H and O–H groups in total. The number of ether oxygens (including phenoxy) is 1. The van der Waals surface area contributed by atoms with Crippen molar-refractivity contribution in [2.75, 3.05) is 11.9 Å². The highest BCUT2D eigenvalue weighted by Crippen LogP contribution is 2.30. The van der Waals surface area contributed by atoms with Crippen LogP contribution in [0.5, 0.6) is 5.88 Å². The second kappa shape index (κ2) is 13.2. The maximum Gasteiger partial charge on any atom is 0.222 e. The third-order valence-electron chi connectivity index (χ3n) is 4.87. The summed E-state index contributed by atoms with van der Waals surface area (Å²) in [5.74, 6) is 1.44. The van der Waals surface area contributed by atoms with Gasteiger partial charge in [0.1, 0.15) is 0 Å². The Kier molecular flexibility index (Phi) is 10.3.